The van der Waals surface area contributed by atoms with Crippen LogP contribution in [0.2, 0.25) is 0 Å². The third-order valence-electron chi connectivity index (χ3n) is 6.44. The lowest BCUT2D eigenvalue weighted by Gasteiger charge is -2.11. The average Bonchev–Trinajstić information content (AvgIpc) is 2.82. The van der Waals surface area contributed by atoms with Gasteiger partial charge in [-0.25, -0.2) is 0 Å². The Balaban J connectivity index is 3.39. The van der Waals surface area contributed by atoms with Crippen LogP contribution >= 0.6 is 0 Å². The van der Waals surface area contributed by atoms with Crippen molar-refractivity contribution in [3.8, 4) is 0 Å². The molecule has 0 heterocycles. The number of hydrogen-bond acceptors (Lipinski definition) is 3. The molecule has 0 aliphatic heterocycles. The van der Waals surface area contributed by atoms with E-state index in [9.17, 15) is 14.7 Å². The first kappa shape index (κ1) is 32.4. The Morgan fingerprint density at radius 1 is 0.735 bits per heavy atom. The Bertz CT molecular complexity index is 512. The number of unbranched alkanes of at least 4 members (excludes halogenated alkanes) is 17. The highest BCUT2D eigenvalue weighted by Gasteiger charge is 2.21. The number of allylic oxidation sites excluding steroid dienone is 2. The molecule has 0 fully saturated rings. The molecule has 1 unspecified atom stereocenters. The molecule has 0 aromatic carbocycles. The van der Waals surface area contributed by atoms with Crippen LogP contribution < -0.4 is 0 Å². The van der Waals surface area contributed by atoms with E-state index < -0.39 is 17.9 Å². The number of aliphatic carboxylic acids is 1. The first-order valence-electron chi connectivity index (χ1n) is 14.3. The van der Waals surface area contributed by atoms with Gasteiger partial charge in [0.05, 0.1) is 12.3 Å². The van der Waals surface area contributed by atoms with Crippen molar-refractivity contribution >= 4 is 11.9 Å². The molecule has 0 spiro atoms. The van der Waals surface area contributed by atoms with Crippen LogP contribution in [0.1, 0.15) is 142 Å². The highest BCUT2D eigenvalue weighted by molar-refractivity contribution is 5.78. The molecule has 198 valence electrons. The van der Waals surface area contributed by atoms with Gasteiger partial charge in [0.2, 0.25) is 0 Å². The predicted molar refractivity (Wildman–Crippen MR) is 144 cm³/mol. The minimum atomic E-state index is -0.903. The zero-order valence-electron chi connectivity index (χ0n) is 22.2. The number of carboxylic acid groups (broad SMARTS) is 1. The molecule has 34 heavy (non-hydrogen) atoms. The highest BCUT2D eigenvalue weighted by Crippen LogP contribution is 2.17. The van der Waals surface area contributed by atoms with Crippen molar-refractivity contribution in [2.24, 2.45) is 5.92 Å². The molecule has 0 rings (SSSR count). The van der Waals surface area contributed by atoms with Crippen LogP contribution in [0.3, 0.4) is 0 Å². The SMILES string of the molecule is C=CCOC(=O)CC(CCCCCCCCCCCCCC/C=C/CCCCCCC)C(=O)O. The van der Waals surface area contributed by atoms with Gasteiger partial charge in [0, 0.05) is 0 Å². The van der Waals surface area contributed by atoms with Gasteiger partial charge in [0.25, 0.3) is 0 Å². The van der Waals surface area contributed by atoms with Gasteiger partial charge in [-0.15, -0.1) is 0 Å². The van der Waals surface area contributed by atoms with Gasteiger partial charge in [0.15, 0.2) is 0 Å². The number of carbonyl (C=O) groups is 2. The summed E-state index contributed by atoms with van der Waals surface area (Å²) in [6.07, 6.45) is 31.2. The molecule has 1 N–H and O–H groups in total. The van der Waals surface area contributed by atoms with Gasteiger partial charge in [-0.05, 0) is 32.1 Å². The first-order valence-corrected chi connectivity index (χ1v) is 14.3. The lowest BCUT2D eigenvalue weighted by molar-refractivity contribution is -0.151. The standard InChI is InChI=1S/C30H54O4/c1-3-5-6-7-8-9-10-11-12-13-14-15-16-17-18-19-20-21-22-23-24-25-28(30(32)33)27-29(31)34-26-4-2/h4,10-11,28H,2-3,5-9,12-27H2,1H3,(H,32,33)/b11-10+. The lowest BCUT2D eigenvalue weighted by atomic mass is 9.97. The summed E-state index contributed by atoms with van der Waals surface area (Å²) in [4.78, 5) is 22.9. The van der Waals surface area contributed by atoms with Crippen molar-refractivity contribution in [1.29, 1.82) is 0 Å². The monoisotopic (exact) mass is 478 g/mol. The topological polar surface area (TPSA) is 63.6 Å². The second kappa shape index (κ2) is 26.0. The minimum Gasteiger partial charge on any atom is -0.481 e. The van der Waals surface area contributed by atoms with Gasteiger partial charge < -0.3 is 9.84 Å². The lowest BCUT2D eigenvalue weighted by Crippen LogP contribution is -2.19. The van der Waals surface area contributed by atoms with Crippen molar-refractivity contribution < 1.29 is 19.4 Å². The fourth-order valence-electron chi connectivity index (χ4n) is 4.25. The molecule has 0 amide bonds. The van der Waals surface area contributed by atoms with Crippen LogP contribution in [0.25, 0.3) is 0 Å². The molecule has 0 saturated heterocycles. The van der Waals surface area contributed by atoms with Gasteiger partial charge in [-0.1, -0.05) is 128 Å². The summed E-state index contributed by atoms with van der Waals surface area (Å²) in [5.74, 6) is -1.98. The first-order chi connectivity index (χ1) is 16.6. The van der Waals surface area contributed by atoms with E-state index in [1.54, 1.807) is 0 Å². The van der Waals surface area contributed by atoms with E-state index in [2.05, 4.69) is 25.7 Å². The fraction of sp³-hybridized carbons (Fsp3) is 0.800. The zero-order valence-corrected chi connectivity index (χ0v) is 22.2. The van der Waals surface area contributed by atoms with Crippen LogP contribution in [0, 0.1) is 5.92 Å². The summed E-state index contributed by atoms with van der Waals surface area (Å²) in [6.45, 7) is 5.89. The van der Waals surface area contributed by atoms with Gasteiger partial charge in [-0.2, -0.15) is 0 Å². The molecule has 0 aromatic heterocycles. The van der Waals surface area contributed by atoms with Gasteiger partial charge in [0.1, 0.15) is 6.61 Å². The van der Waals surface area contributed by atoms with Crippen molar-refractivity contribution in [2.75, 3.05) is 6.61 Å². The maximum atomic E-state index is 11.6. The quantitative estimate of drug-likeness (QED) is 0.0764. The fourth-order valence-corrected chi connectivity index (χ4v) is 4.25. The third-order valence-corrected chi connectivity index (χ3v) is 6.44. The van der Waals surface area contributed by atoms with Crippen molar-refractivity contribution in [1.82, 2.24) is 0 Å². The van der Waals surface area contributed by atoms with Crippen LogP contribution in [0.5, 0.6) is 0 Å². The second-order valence-corrected chi connectivity index (χ2v) is 9.71. The Hall–Kier alpha value is -1.58. The summed E-state index contributed by atoms with van der Waals surface area (Å²) in [6, 6.07) is 0. The summed E-state index contributed by atoms with van der Waals surface area (Å²) < 4.78 is 4.90. The Labute approximate surface area is 210 Å². The smallest absolute Gasteiger partial charge is 0.307 e. The van der Waals surface area contributed by atoms with Gasteiger partial charge >= 0.3 is 11.9 Å². The summed E-state index contributed by atoms with van der Waals surface area (Å²) in [5.41, 5.74) is 0. The van der Waals surface area contributed by atoms with Crippen molar-refractivity contribution in [3.63, 3.8) is 0 Å². The highest BCUT2D eigenvalue weighted by atomic mass is 16.5. The molecule has 0 aromatic rings. The molecule has 0 aliphatic carbocycles. The Morgan fingerprint density at radius 3 is 1.62 bits per heavy atom. The van der Waals surface area contributed by atoms with Crippen LogP contribution in [-0.2, 0) is 14.3 Å². The number of hydrogen-bond donors (Lipinski definition) is 1. The van der Waals surface area contributed by atoms with E-state index in [4.69, 9.17) is 4.74 Å². The number of carboxylic acids is 1. The van der Waals surface area contributed by atoms with Crippen molar-refractivity contribution in [3.05, 3.63) is 24.8 Å². The number of rotatable bonds is 26. The molecule has 0 bridgehead atoms. The van der Waals surface area contributed by atoms with E-state index in [-0.39, 0.29) is 13.0 Å². The summed E-state index contributed by atoms with van der Waals surface area (Å²) in [5, 5.41) is 9.28. The van der Waals surface area contributed by atoms with Crippen LogP contribution in [0.4, 0.5) is 0 Å². The maximum absolute atomic E-state index is 11.6. The van der Waals surface area contributed by atoms with E-state index in [1.807, 2.05) is 0 Å². The van der Waals surface area contributed by atoms with Crippen molar-refractivity contribution in [2.45, 2.75) is 142 Å². The molecule has 0 saturated carbocycles. The maximum Gasteiger partial charge on any atom is 0.307 e. The molecule has 0 aliphatic rings. The number of esters is 1. The average molecular weight is 479 g/mol. The molecular weight excluding hydrogens is 424 g/mol. The van der Waals surface area contributed by atoms with Crippen LogP contribution in [0.15, 0.2) is 24.8 Å². The van der Waals surface area contributed by atoms with E-state index in [0.29, 0.717) is 6.42 Å². The molecule has 0 radical (unpaired) electrons. The Morgan fingerprint density at radius 2 is 1.18 bits per heavy atom. The molecule has 4 heteroatoms. The zero-order chi connectivity index (χ0) is 25.1. The molecular formula is C30H54O4. The normalized spacial score (nSPS) is 12.1. The molecule has 1 atom stereocenters. The molecule has 4 nitrogen and oxygen atoms in total. The van der Waals surface area contributed by atoms with E-state index >= 15 is 0 Å². The number of carbonyl (C=O) groups excluding carboxylic acids is 1. The van der Waals surface area contributed by atoms with Crippen LogP contribution in [-0.4, -0.2) is 23.7 Å². The third kappa shape index (κ3) is 23.6. The minimum absolute atomic E-state index is 0.0426. The summed E-state index contributed by atoms with van der Waals surface area (Å²) >= 11 is 0. The Kier molecular flexibility index (Phi) is 24.8. The van der Waals surface area contributed by atoms with E-state index in [0.717, 1.165) is 19.3 Å². The second-order valence-electron chi connectivity index (χ2n) is 9.71. The predicted octanol–water partition coefficient (Wildman–Crippen LogP) is 9.18. The van der Waals surface area contributed by atoms with E-state index in [1.165, 1.54) is 109 Å². The largest absolute Gasteiger partial charge is 0.481 e. The summed E-state index contributed by atoms with van der Waals surface area (Å²) in [7, 11) is 0. The van der Waals surface area contributed by atoms with Gasteiger partial charge in [-0.3, -0.25) is 9.59 Å². The number of ether oxygens (including phenoxy) is 1.